The normalized spacial score (nSPS) is 21.3. The summed E-state index contributed by atoms with van der Waals surface area (Å²) in [6, 6.07) is 21.0. The van der Waals surface area contributed by atoms with E-state index < -0.39 is 5.72 Å². The van der Waals surface area contributed by atoms with Crippen LogP contribution in [0.3, 0.4) is 0 Å². The van der Waals surface area contributed by atoms with Crippen molar-refractivity contribution in [2.24, 2.45) is 0 Å². The second-order valence-electron chi connectivity index (χ2n) is 5.98. The van der Waals surface area contributed by atoms with E-state index in [1.165, 1.54) is 22.0 Å². The minimum absolute atomic E-state index is 0.458. The van der Waals surface area contributed by atoms with Crippen LogP contribution in [0.4, 0.5) is 5.69 Å². The van der Waals surface area contributed by atoms with Crippen LogP contribution in [0.2, 0.25) is 0 Å². The van der Waals surface area contributed by atoms with Gasteiger partial charge in [0.2, 0.25) is 5.72 Å². The van der Waals surface area contributed by atoms with E-state index in [0.717, 1.165) is 17.7 Å². The van der Waals surface area contributed by atoms with Crippen LogP contribution < -0.4 is 10.1 Å². The van der Waals surface area contributed by atoms with Crippen LogP contribution in [-0.2, 0) is 6.42 Å². The summed E-state index contributed by atoms with van der Waals surface area (Å²) in [5.41, 5.74) is 3.18. The van der Waals surface area contributed by atoms with Gasteiger partial charge in [0, 0.05) is 17.7 Å². The van der Waals surface area contributed by atoms with Crippen molar-refractivity contribution in [1.29, 1.82) is 0 Å². The lowest BCUT2D eigenvalue weighted by Crippen LogP contribution is -2.41. The Bertz CT molecular complexity index is 928. The molecule has 2 aliphatic rings. The number of hydrogen-bond acceptors (Lipinski definition) is 2. The zero-order valence-corrected chi connectivity index (χ0v) is 12.0. The van der Waals surface area contributed by atoms with Gasteiger partial charge in [0.05, 0.1) is 0 Å². The van der Waals surface area contributed by atoms with E-state index in [0.29, 0.717) is 0 Å². The first kappa shape index (κ1) is 11.9. The van der Waals surface area contributed by atoms with Gasteiger partial charge >= 0.3 is 0 Å². The van der Waals surface area contributed by atoms with Crippen molar-refractivity contribution in [3.05, 3.63) is 77.9 Å². The molecule has 0 amide bonds. The zero-order chi connectivity index (χ0) is 14.6. The Kier molecular flexibility index (Phi) is 2.23. The third-order valence-electron chi connectivity index (χ3n) is 4.57. The van der Waals surface area contributed by atoms with E-state index in [-0.39, 0.29) is 0 Å². The Morgan fingerprint density at radius 1 is 0.909 bits per heavy atom. The third kappa shape index (κ3) is 1.61. The van der Waals surface area contributed by atoms with Crippen molar-refractivity contribution in [2.45, 2.75) is 12.1 Å². The van der Waals surface area contributed by atoms with Gasteiger partial charge in [0.25, 0.3) is 0 Å². The molecule has 2 heteroatoms. The molecule has 3 aromatic rings. The van der Waals surface area contributed by atoms with Gasteiger partial charge in [-0.15, -0.1) is 0 Å². The smallest absolute Gasteiger partial charge is 0.204 e. The molecule has 2 nitrogen and oxygen atoms in total. The Hall–Kier alpha value is -2.74. The first-order chi connectivity index (χ1) is 10.8. The highest BCUT2D eigenvalue weighted by molar-refractivity contribution is 5.92. The highest BCUT2D eigenvalue weighted by Crippen LogP contribution is 2.42. The van der Waals surface area contributed by atoms with E-state index >= 15 is 0 Å². The zero-order valence-electron chi connectivity index (χ0n) is 12.0. The van der Waals surface area contributed by atoms with Crippen molar-refractivity contribution in [3.8, 4) is 5.75 Å². The second kappa shape index (κ2) is 4.14. The molecule has 0 saturated heterocycles. The third-order valence-corrected chi connectivity index (χ3v) is 4.57. The lowest BCUT2D eigenvalue weighted by molar-refractivity contribution is 0.156. The molecule has 5 rings (SSSR count). The molecule has 1 atom stereocenters. The van der Waals surface area contributed by atoms with Gasteiger partial charge in [0.1, 0.15) is 5.75 Å². The predicted octanol–water partition coefficient (Wildman–Crippen LogP) is 4.61. The quantitative estimate of drug-likeness (QED) is 0.651. The number of nitrogens with one attached hydrogen (secondary N) is 1. The molecule has 2 heterocycles. The van der Waals surface area contributed by atoms with Gasteiger partial charge in [0.15, 0.2) is 0 Å². The SMILES string of the molecule is C1=CC2(Cc3c(ccc4ccccc34)N2)Oc2ccccc21. The molecule has 3 aromatic carbocycles. The van der Waals surface area contributed by atoms with Crippen molar-refractivity contribution in [2.75, 3.05) is 5.32 Å². The minimum atomic E-state index is -0.458. The van der Waals surface area contributed by atoms with Crippen LogP contribution in [0.1, 0.15) is 11.1 Å². The molecule has 0 bridgehead atoms. The molecule has 1 spiro atoms. The number of anilines is 1. The number of ether oxygens (including phenoxy) is 1. The molecule has 2 aliphatic heterocycles. The van der Waals surface area contributed by atoms with Gasteiger partial charge < -0.3 is 10.1 Å². The first-order valence-corrected chi connectivity index (χ1v) is 7.59. The summed E-state index contributed by atoms with van der Waals surface area (Å²) in [5.74, 6) is 0.939. The summed E-state index contributed by atoms with van der Waals surface area (Å²) < 4.78 is 6.31. The number of benzene rings is 3. The Morgan fingerprint density at radius 2 is 1.77 bits per heavy atom. The Balaban J connectivity index is 1.62. The maximum Gasteiger partial charge on any atom is 0.204 e. The average Bonchev–Trinajstić information content (AvgIpc) is 2.93. The highest BCUT2D eigenvalue weighted by Gasteiger charge is 2.39. The maximum atomic E-state index is 6.31. The predicted molar refractivity (Wildman–Crippen MR) is 90.1 cm³/mol. The number of para-hydroxylation sites is 1. The molecule has 0 fully saturated rings. The summed E-state index contributed by atoms with van der Waals surface area (Å²) in [6.45, 7) is 0. The van der Waals surface area contributed by atoms with Crippen LogP contribution in [0.15, 0.2) is 66.7 Å². The summed E-state index contributed by atoms with van der Waals surface area (Å²) >= 11 is 0. The molecular formula is C20H15NO. The van der Waals surface area contributed by atoms with Gasteiger partial charge in [-0.05, 0) is 40.6 Å². The molecular weight excluding hydrogens is 270 g/mol. The highest BCUT2D eigenvalue weighted by atomic mass is 16.5. The van der Waals surface area contributed by atoms with Gasteiger partial charge in [-0.3, -0.25) is 0 Å². The van der Waals surface area contributed by atoms with E-state index in [9.17, 15) is 0 Å². The number of rotatable bonds is 0. The van der Waals surface area contributed by atoms with E-state index in [1.807, 2.05) is 18.2 Å². The average molecular weight is 285 g/mol. The van der Waals surface area contributed by atoms with Crippen LogP contribution >= 0.6 is 0 Å². The summed E-state index contributed by atoms with van der Waals surface area (Å²) in [6.07, 6.45) is 5.14. The fraction of sp³-hybridized carbons (Fsp3) is 0.100. The van der Waals surface area contributed by atoms with Crippen LogP contribution in [0, 0.1) is 0 Å². The lowest BCUT2D eigenvalue weighted by Gasteiger charge is -2.31. The second-order valence-corrected chi connectivity index (χ2v) is 5.98. The number of fused-ring (bicyclic) bond motifs is 4. The monoisotopic (exact) mass is 285 g/mol. The van der Waals surface area contributed by atoms with Crippen LogP contribution in [0.5, 0.6) is 5.75 Å². The molecule has 0 aliphatic carbocycles. The molecule has 1 N–H and O–H groups in total. The first-order valence-electron chi connectivity index (χ1n) is 7.59. The Morgan fingerprint density at radius 3 is 2.77 bits per heavy atom. The fourth-order valence-corrected chi connectivity index (χ4v) is 3.51. The van der Waals surface area contributed by atoms with Crippen molar-refractivity contribution in [3.63, 3.8) is 0 Å². The summed E-state index contributed by atoms with van der Waals surface area (Å²) in [7, 11) is 0. The standard InChI is InChI=1S/C20H15NO/c1-3-7-16-14(5-1)9-10-18-17(16)13-20(21-18)12-11-15-6-2-4-8-19(15)22-20/h1-12,21H,13H2. The maximum absolute atomic E-state index is 6.31. The lowest BCUT2D eigenvalue weighted by atomic mass is 9.98. The molecule has 22 heavy (non-hydrogen) atoms. The fourth-order valence-electron chi connectivity index (χ4n) is 3.51. The van der Waals surface area contributed by atoms with E-state index in [2.05, 4.69) is 59.9 Å². The molecule has 106 valence electrons. The largest absolute Gasteiger partial charge is 0.464 e. The number of hydrogen-bond donors (Lipinski definition) is 1. The summed E-state index contributed by atoms with van der Waals surface area (Å²) in [5, 5.41) is 6.16. The molecule has 1 unspecified atom stereocenters. The van der Waals surface area contributed by atoms with Crippen molar-refractivity contribution in [1.82, 2.24) is 0 Å². The van der Waals surface area contributed by atoms with Gasteiger partial charge in [-0.25, -0.2) is 0 Å². The van der Waals surface area contributed by atoms with E-state index in [4.69, 9.17) is 4.74 Å². The molecule has 0 saturated carbocycles. The van der Waals surface area contributed by atoms with Crippen molar-refractivity contribution >= 4 is 22.5 Å². The minimum Gasteiger partial charge on any atom is -0.464 e. The van der Waals surface area contributed by atoms with E-state index in [1.54, 1.807) is 0 Å². The van der Waals surface area contributed by atoms with Gasteiger partial charge in [-0.2, -0.15) is 0 Å². The molecule has 0 aromatic heterocycles. The van der Waals surface area contributed by atoms with Crippen LogP contribution in [-0.4, -0.2) is 5.72 Å². The Labute approximate surface area is 129 Å². The summed E-state index contributed by atoms with van der Waals surface area (Å²) in [4.78, 5) is 0. The van der Waals surface area contributed by atoms with Gasteiger partial charge in [-0.1, -0.05) is 48.5 Å². The topological polar surface area (TPSA) is 21.3 Å². The van der Waals surface area contributed by atoms with Crippen LogP contribution in [0.25, 0.3) is 16.8 Å². The molecule has 0 radical (unpaired) electrons. The van der Waals surface area contributed by atoms with Crippen molar-refractivity contribution < 1.29 is 4.74 Å².